The van der Waals surface area contributed by atoms with Crippen molar-refractivity contribution in [3.8, 4) is 0 Å². The Bertz CT molecular complexity index is 796. The van der Waals surface area contributed by atoms with Gasteiger partial charge in [-0.3, -0.25) is 0 Å². The number of unbranched alkanes of at least 4 members (excludes halogenated alkanes) is 5. The molecule has 1 atom stereocenters. The lowest BCUT2D eigenvalue weighted by Gasteiger charge is -2.19. The van der Waals surface area contributed by atoms with Gasteiger partial charge in [0.1, 0.15) is 0 Å². The Kier molecular flexibility index (Phi) is 8.11. The van der Waals surface area contributed by atoms with Gasteiger partial charge in [-0.15, -0.1) is 0 Å². The molecule has 5 heteroatoms. The summed E-state index contributed by atoms with van der Waals surface area (Å²) in [7, 11) is 0. The van der Waals surface area contributed by atoms with Crippen molar-refractivity contribution >= 4 is 29.5 Å². The Balaban J connectivity index is 1.61. The zero-order valence-electron chi connectivity index (χ0n) is 16.4. The minimum absolute atomic E-state index is 0.151. The molecular formula is C23H28ClNO2S. The van der Waals surface area contributed by atoms with Crippen LogP contribution in [0.1, 0.15) is 62.6 Å². The molecule has 3 nitrogen and oxygen atoms in total. The topological polar surface area (TPSA) is 38.3 Å². The first kappa shape index (κ1) is 21.1. The summed E-state index contributed by atoms with van der Waals surface area (Å²) in [4.78, 5) is 14.7. The van der Waals surface area contributed by atoms with Crippen molar-refractivity contribution in [2.45, 2.75) is 67.7 Å². The number of rotatable bonds is 8. The highest BCUT2D eigenvalue weighted by molar-refractivity contribution is 7.99. The van der Waals surface area contributed by atoms with Crippen LogP contribution in [0.4, 0.5) is 4.79 Å². The molecule has 1 amide bonds. The van der Waals surface area contributed by atoms with E-state index in [1.165, 1.54) is 36.1 Å². The monoisotopic (exact) mass is 417 g/mol. The molecule has 1 aliphatic rings. The Morgan fingerprint density at radius 2 is 1.89 bits per heavy atom. The molecule has 0 fully saturated rings. The summed E-state index contributed by atoms with van der Waals surface area (Å²) in [6, 6.07) is 14.1. The first-order chi connectivity index (χ1) is 13.7. The maximum atomic E-state index is 12.4. The van der Waals surface area contributed by atoms with Gasteiger partial charge in [-0.05, 0) is 48.2 Å². The molecule has 0 saturated heterocycles. The van der Waals surface area contributed by atoms with E-state index in [-0.39, 0.29) is 12.1 Å². The number of benzene rings is 2. The fourth-order valence-electron chi connectivity index (χ4n) is 3.46. The number of fused-ring (bicyclic) bond motifs is 2. The van der Waals surface area contributed by atoms with Crippen LogP contribution in [-0.4, -0.2) is 12.7 Å². The minimum Gasteiger partial charge on any atom is -0.450 e. The number of carbonyl (C=O) groups excluding carboxylic acids is 1. The van der Waals surface area contributed by atoms with Gasteiger partial charge in [-0.25, -0.2) is 4.79 Å². The number of alkyl carbamates (subject to hydrolysis) is 1. The molecule has 3 rings (SSSR count). The number of amides is 1. The predicted molar refractivity (Wildman–Crippen MR) is 116 cm³/mol. The van der Waals surface area contributed by atoms with Crippen molar-refractivity contribution in [2.24, 2.45) is 0 Å². The molecule has 0 aromatic heterocycles. The van der Waals surface area contributed by atoms with E-state index in [1.54, 1.807) is 11.8 Å². The Labute approximate surface area is 177 Å². The smallest absolute Gasteiger partial charge is 0.407 e. The quantitative estimate of drug-likeness (QED) is 0.462. The second-order valence-electron chi connectivity index (χ2n) is 7.20. The number of carbonyl (C=O) groups is 1. The average molecular weight is 418 g/mol. The average Bonchev–Trinajstić information content (AvgIpc) is 2.84. The summed E-state index contributed by atoms with van der Waals surface area (Å²) in [6.07, 6.45) is 7.40. The van der Waals surface area contributed by atoms with E-state index in [9.17, 15) is 4.79 Å². The van der Waals surface area contributed by atoms with Crippen molar-refractivity contribution in [1.82, 2.24) is 5.32 Å². The molecule has 0 bridgehead atoms. The number of halogens is 1. The maximum Gasteiger partial charge on any atom is 0.407 e. The third-order valence-corrected chi connectivity index (χ3v) is 6.43. The van der Waals surface area contributed by atoms with Crippen LogP contribution in [0.15, 0.2) is 52.3 Å². The molecule has 0 saturated carbocycles. The van der Waals surface area contributed by atoms with Crippen LogP contribution in [0.25, 0.3) is 0 Å². The van der Waals surface area contributed by atoms with Crippen LogP contribution in [0.2, 0.25) is 5.02 Å². The van der Waals surface area contributed by atoms with Gasteiger partial charge in [-0.1, -0.05) is 80.6 Å². The predicted octanol–water partition coefficient (Wildman–Crippen LogP) is 7.18. The van der Waals surface area contributed by atoms with Crippen molar-refractivity contribution in [1.29, 1.82) is 0 Å². The summed E-state index contributed by atoms with van der Waals surface area (Å²) in [5, 5.41) is 3.74. The second-order valence-corrected chi connectivity index (χ2v) is 8.72. The summed E-state index contributed by atoms with van der Waals surface area (Å²) < 4.78 is 5.44. The van der Waals surface area contributed by atoms with E-state index in [4.69, 9.17) is 16.3 Å². The lowest BCUT2D eigenvalue weighted by atomic mass is 9.99. The molecule has 150 valence electrons. The molecule has 2 aromatic carbocycles. The van der Waals surface area contributed by atoms with E-state index in [1.807, 2.05) is 30.3 Å². The largest absolute Gasteiger partial charge is 0.450 e. The van der Waals surface area contributed by atoms with Gasteiger partial charge < -0.3 is 10.1 Å². The van der Waals surface area contributed by atoms with Gasteiger partial charge in [0.05, 0.1) is 12.6 Å². The molecule has 28 heavy (non-hydrogen) atoms. The third-order valence-electron chi connectivity index (χ3n) is 4.99. The molecule has 0 aliphatic carbocycles. The summed E-state index contributed by atoms with van der Waals surface area (Å²) >= 11 is 7.97. The standard InChI is InChI=1S/C23H28ClNO2S/c1-2-3-4-5-6-9-14-27-23(26)25-20-15-17-10-7-8-11-21(17)28-22-13-12-18(24)16-19(20)22/h7-8,10-13,16,20H,2-6,9,14-15H2,1H3,(H,25,26)/t20-/m0/s1. The second kappa shape index (κ2) is 10.8. The zero-order chi connectivity index (χ0) is 19.8. The van der Waals surface area contributed by atoms with Crippen LogP contribution < -0.4 is 5.32 Å². The highest BCUT2D eigenvalue weighted by Crippen LogP contribution is 2.41. The molecule has 1 aliphatic heterocycles. The van der Waals surface area contributed by atoms with Gasteiger partial charge in [0.2, 0.25) is 0 Å². The number of hydrogen-bond donors (Lipinski definition) is 1. The molecule has 0 unspecified atom stereocenters. The first-order valence-corrected chi connectivity index (χ1v) is 11.4. The summed E-state index contributed by atoms with van der Waals surface area (Å²) in [6.45, 7) is 2.68. The molecule has 0 spiro atoms. The lowest BCUT2D eigenvalue weighted by Crippen LogP contribution is -2.30. The van der Waals surface area contributed by atoms with Crippen LogP contribution in [0, 0.1) is 0 Å². The molecule has 1 heterocycles. The van der Waals surface area contributed by atoms with Crippen LogP contribution in [-0.2, 0) is 11.2 Å². The molecule has 2 aromatic rings. The first-order valence-electron chi connectivity index (χ1n) is 10.2. The zero-order valence-corrected chi connectivity index (χ0v) is 18.0. The summed E-state index contributed by atoms with van der Waals surface area (Å²) in [5.41, 5.74) is 2.27. The van der Waals surface area contributed by atoms with Crippen LogP contribution in [0.5, 0.6) is 0 Å². The third kappa shape index (κ3) is 5.92. The van der Waals surface area contributed by atoms with Crippen LogP contribution in [0.3, 0.4) is 0 Å². The Morgan fingerprint density at radius 1 is 1.11 bits per heavy atom. The van der Waals surface area contributed by atoms with Crippen molar-refractivity contribution in [2.75, 3.05) is 6.61 Å². The van der Waals surface area contributed by atoms with Crippen molar-refractivity contribution < 1.29 is 9.53 Å². The highest BCUT2D eigenvalue weighted by Gasteiger charge is 2.24. The number of hydrogen-bond acceptors (Lipinski definition) is 3. The normalized spacial score (nSPS) is 15.3. The fraction of sp³-hybridized carbons (Fsp3) is 0.435. The van der Waals surface area contributed by atoms with E-state index < -0.39 is 0 Å². The fourth-order valence-corrected chi connectivity index (χ4v) is 4.77. The number of ether oxygens (including phenoxy) is 1. The molecular weight excluding hydrogens is 390 g/mol. The highest BCUT2D eigenvalue weighted by atomic mass is 35.5. The Hall–Kier alpha value is -1.65. The van der Waals surface area contributed by atoms with E-state index in [2.05, 4.69) is 24.4 Å². The van der Waals surface area contributed by atoms with Gasteiger partial charge in [-0.2, -0.15) is 0 Å². The van der Waals surface area contributed by atoms with E-state index in [0.29, 0.717) is 11.6 Å². The van der Waals surface area contributed by atoms with E-state index in [0.717, 1.165) is 29.7 Å². The van der Waals surface area contributed by atoms with Crippen molar-refractivity contribution in [3.63, 3.8) is 0 Å². The Morgan fingerprint density at radius 3 is 2.75 bits per heavy atom. The lowest BCUT2D eigenvalue weighted by molar-refractivity contribution is 0.139. The van der Waals surface area contributed by atoms with Crippen molar-refractivity contribution in [3.05, 3.63) is 58.6 Å². The van der Waals surface area contributed by atoms with Gasteiger partial charge in [0, 0.05) is 14.8 Å². The van der Waals surface area contributed by atoms with Crippen LogP contribution >= 0.6 is 23.4 Å². The van der Waals surface area contributed by atoms with E-state index >= 15 is 0 Å². The minimum atomic E-state index is -0.353. The van der Waals surface area contributed by atoms with Gasteiger partial charge in [0.15, 0.2) is 0 Å². The molecule has 1 N–H and O–H groups in total. The number of nitrogens with one attached hydrogen (secondary N) is 1. The maximum absolute atomic E-state index is 12.4. The van der Waals surface area contributed by atoms with Gasteiger partial charge in [0.25, 0.3) is 0 Å². The molecule has 0 radical (unpaired) electrons. The van der Waals surface area contributed by atoms with Gasteiger partial charge >= 0.3 is 6.09 Å². The SMILES string of the molecule is CCCCCCCCOC(=O)N[C@H]1Cc2ccccc2Sc2ccc(Cl)cc21. The summed E-state index contributed by atoms with van der Waals surface area (Å²) in [5.74, 6) is 0.